The molecule has 6 rings (SSSR count). The van der Waals surface area contributed by atoms with E-state index in [1.807, 2.05) is 82.9 Å². The number of hydrogen-bond acceptors (Lipinski definition) is 5. The molecule has 10 nitrogen and oxygen atoms in total. The second-order valence-corrected chi connectivity index (χ2v) is 11.9. The number of non-ortho nitro benzene ring substituents is 1. The monoisotopic (exact) mass is 659 g/mol. The maximum absolute atomic E-state index is 15.4. The average molecular weight is 660 g/mol. The number of imidazole rings is 1. The van der Waals surface area contributed by atoms with Gasteiger partial charge in [0.25, 0.3) is 5.69 Å². The van der Waals surface area contributed by atoms with Crippen molar-refractivity contribution in [3.8, 4) is 0 Å². The summed E-state index contributed by atoms with van der Waals surface area (Å²) in [6.07, 6.45) is 3.16. The molecule has 0 saturated heterocycles. The van der Waals surface area contributed by atoms with Gasteiger partial charge in [-0.15, -0.1) is 0 Å². The van der Waals surface area contributed by atoms with Crippen LogP contribution in [0.1, 0.15) is 49.4 Å². The van der Waals surface area contributed by atoms with Gasteiger partial charge in [-0.05, 0) is 66.9 Å². The van der Waals surface area contributed by atoms with Crippen LogP contribution >= 0.6 is 0 Å². The van der Waals surface area contributed by atoms with Gasteiger partial charge in [-0.3, -0.25) is 20.8 Å². The summed E-state index contributed by atoms with van der Waals surface area (Å²) in [6, 6.07) is 25.7. The second-order valence-electron chi connectivity index (χ2n) is 11.9. The molecule has 2 heterocycles. The van der Waals surface area contributed by atoms with Crippen LogP contribution in [-0.4, -0.2) is 40.4 Å². The van der Waals surface area contributed by atoms with Crippen LogP contribution in [0.2, 0.25) is 0 Å². The summed E-state index contributed by atoms with van der Waals surface area (Å²) in [6.45, 7) is 4.20. The number of benzene rings is 4. The Morgan fingerprint density at radius 1 is 1.04 bits per heavy atom. The molecule has 0 spiro atoms. The zero-order valence-corrected chi connectivity index (χ0v) is 27.1. The number of halogens is 1. The lowest BCUT2D eigenvalue weighted by Gasteiger charge is -2.36. The van der Waals surface area contributed by atoms with E-state index in [4.69, 9.17) is 4.74 Å². The van der Waals surface area contributed by atoms with Crippen LogP contribution in [0.5, 0.6) is 0 Å². The molecule has 0 radical (unpaired) electrons. The molecule has 0 fully saturated rings. The number of nitro benzene ring substituents is 1. The fraction of sp³-hybridized carbons (Fsp3) is 0.237. The van der Waals surface area contributed by atoms with Crippen molar-refractivity contribution in [2.24, 2.45) is 0 Å². The highest BCUT2D eigenvalue weighted by Crippen LogP contribution is 2.55. The van der Waals surface area contributed by atoms with Crippen molar-refractivity contribution in [3.63, 3.8) is 0 Å². The van der Waals surface area contributed by atoms with Crippen molar-refractivity contribution in [1.29, 1.82) is 0 Å². The molecule has 0 N–H and O–H groups in total. The molecule has 49 heavy (non-hydrogen) atoms. The number of esters is 1. The van der Waals surface area contributed by atoms with Crippen LogP contribution in [0, 0.1) is 15.9 Å². The van der Waals surface area contributed by atoms with E-state index in [1.165, 1.54) is 47.4 Å². The molecule has 248 valence electrons. The van der Waals surface area contributed by atoms with Crippen LogP contribution in [0.3, 0.4) is 0 Å². The Labute approximate surface area is 282 Å². The summed E-state index contributed by atoms with van der Waals surface area (Å²) < 4.78 is 24.6. The number of hydrogen-bond donors (Lipinski definition) is 0. The van der Waals surface area contributed by atoms with Gasteiger partial charge in [0.05, 0.1) is 17.1 Å². The van der Waals surface area contributed by atoms with Crippen molar-refractivity contribution >= 4 is 40.2 Å². The molecule has 1 amide bonds. The van der Waals surface area contributed by atoms with Crippen LogP contribution < -0.4 is 9.47 Å². The first-order chi connectivity index (χ1) is 23.8. The normalized spacial score (nSPS) is 15.9. The van der Waals surface area contributed by atoms with Crippen LogP contribution in [0.4, 0.5) is 15.8 Å². The maximum Gasteiger partial charge on any atom is 0.341 e. The topological polar surface area (TPSA) is 121 Å². The molecule has 0 saturated carbocycles. The van der Waals surface area contributed by atoms with Gasteiger partial charge in [0, 0.05) is 29.9 Å². The first-order valence-electron chi connectivity index (χ1n) is 16.1. The molecule has 5 aromatic rings. The van der Waals surface area contributed by atoms with Gasteiger partial charge in [0.15, 0.2) is 16.4 Å². The SMILES string of the molecule is CCCCN1C(=O)C(C(=C=[N-])C(=O)OCC)(C(c2ccc([N+](=O)[O-])cc2)n2c[n+](Cc3ccccc3)c3ccccc32)c2cc(F)ccc21. The molecule has 4 aromatic carbocycles. The van der Waals surface area contributed by atoms with Crippen molar-refractivity contribution < 1.29 is 28.2 Å². The summed E-state index contributed by atoms with van der Waals surface area (Å²) in [7, 11) is 0. The molecule has 1 aliphatic heterocycles. The molecule has 11 heteroatoms. The van der Waals surface area contributed by atoms with Gasteiger partial charge in [-0.25, -0.2) is 18.3 Å². The Hall–Kier alpha value is -5.93. The first kappa shape index (κ1) is 33.0. The number of carbonyl (C=O) groups is 2. The Morgan fingerprint density at radius 2 is 1.76 bits per heavy atom. The van der Waals surface area contributed by atoms with Crippen molar-refractivity contribution in [1.82, 2.24) is 4.57 Å². The highest BCUT2D eigenvalue weighted by atomic mass is 19.1. The van der Waals surface area contributed by atoms with E-state index < -0.39 is 39.6 Å². The summed E-state index contributed by atoms with van der Waals surface area (Å²) in [5.74, 6) is -0.237. The third kappa shape index (κ3) is 5.68. The molecule has 1 aliphatic rings. The zero-order chi connectivity index (χ0) is 34.7. The first-order valence-corrected chi connectivity index (χ1v) is 16.1. The number of carbonyl (C=O) groups excluding carboxylic acids is 2. The Morgan fingerprint density at radius 3 is 2.43 bits per heavy atom. The van der Waals surface area contributed by atoms with E-state index in [0.29, 0.717) is 29.7 Å². The van der Waals surface area contributed by atoms with Crippen molar-refractivity contribution in [2.75, 3.05) is 18.1 Å². The highest BCUT2D eigenvalue weighted by molar-refractivity contribution is 6.19. The second kappa shape index (κ2) is 13.7. The summed E-state index contributed by atoms with van der Waals surface area (Å²) >= 11 is 0. The number of amides is 1. The lowest BCUT2D eigenvalue weighted by molar-refractivity contribution is -0.663. The van der Waals surface area contributed by atoms with Crippen molar-refractivity contribution in [2.45, 2.75) is 44.7 Å². The summed E-state index contributed by atoms with van der Waals surface area (Å²) in [4.78, 5) is 41.9. The Balaban J connectivity index is 1.74. The number of nitro groups is 1. The fourth-order valence-electron chi connectivity index (χ4n) is 6.89. The summed E-state index contributed by atoms with van der Waals surface area (Å²) in [5, 5.41) is 22.6. The number of anilines is 1. The van der Waals surface area contributed by atoms with E-state index in [-0.39, 0.29) is 24.4 Å². The minimum Gasteiger partial charge on any atom is -0.763 e. The van der Waals surface area contributed by atoms with E-state index in [9.17, 15) is 20.3 Å². The smallest absolute Gasteiger partial charge is 0.341 e. The Kier molecular flexibility index (Phi) is 9.20. The van der Waals surface area contributed by atoms with Gasteiger partial charge < -0.3 is 15.0 Å². The van der Waals surface area contributed by atoms with Crippen LogP contribution in [0.15, 0.2) is 109 Å². The molecular formula is C38H34FN5O5. The molecular weight excluding hydrogens is 625 g/mol. The number of aromatic nitrogens is 2. The third-order valence-electron chi connectivity index (χ3n) is 9.01. The number of para-hydroxylation sites is 2. The van der Waals surface area contributed by atoms with Gasteiger partial charge in [-0.1, -0.05) is 55.8 Å². The maximum atomic E-state index is 15.4. The van der Waals surface area contributed by atoms with Gasteiger partial charge in [0.2, 0.25) is 12.2 Å². The molecule has 0 aliphatic carbocycles. The predicted octanol–water partition coefficient (Wildman–Crippen LogP) is 6.43. The average Bonchev–Trinajstić information content (AvgIpc) is 3.57. The lowest BCUT2D eigenvalue weighted by Crippen LogP contribution is -2.50. The van der Waals surface area contributed by atoms with Gasteiger partial charge >= 0.3 is 5.97 Å². The van der Waals surface area contributed by atoms with Crippen molar-refractivity contribution in [3.05, 3.63) is 147 Å². The number of nitrogens with zero attached hydrogens (tertiary/aromatic N) is 5. The minimum atomic E-state index is -2.13. The molecule has 0 bridgehead atoms. The zero-order valence-electron chi connectivity index (χ0n) is 27.1. The number of unbranched alkanes of at least 4 members (excludes halogenated alkanes) is 1. The van der Waals surface area contributed by atoms with Crippen LogP contribution in [-0.2, 0) is 26.3 Å². The van der Waals surface area contributed by atoms with Gasteiger partial charge in [0.1, 0.15) is 18.4 Å². The van der Waals surface area contributed by atoms with Crippen LogP contribution in [0.25, 0.3) is 16.4 Å². The largest absolute Gasteiger partial charge is 0.763 e. The lowest BCUT2D eigenvalue weighted by atomic mass is 9.67. The van der Waals surface area contributed by atoms with E-state index >= 15 is 9.18 Å². The minimum absolute atomic E-state index is 0.0738. The summed E-state index contributed by atoms with van der Waals surface area (Å²) in [5.41, 5.74) is 0.508. The quantitative estimate of drug-likeness (QED) is 0.0382. The highest BCUT2D eigenvalue weighted by Gasteiger charge is 2.63. The van der Waals surface area contributed by atoms with E-state index in [2.05, 4.69) is 0 Å². The number of rotatable bonds is 12. The molecule has 1 aromatic heterocycles. The fourth-order valence-corrected chi connectivity index (χ4v) is 6.89. The van der Waals surface area contributed by atoms with Gasteiger partial charge in [-0.2, -0.15) is 0 Å². The van der Waals surface area contributed by atoms with E-state index in [1.54, 1.807) is 6.92 Å². The standard InChI is InChI=1S/C38H34FN5O5/c1-3-5-21-42-32-20-17-28(39)22-30(32)38(37(42)46,31(23-40)36(45)49-4-2)35(27-15-18-29(19-16-27)44(47)48)43-25-41(24-26-11-7-6-8-12-26)33-13-9-10-14-34(33)43/h6-20,22,25,35H,3-5,21,24H2,1-2H3. The van der Waals surface area contributed by atoms with E-state index in [0.717, 1.165) is 17.5 Å². The predicted molar refractivity (Wildman–Crippen MR) is 183 cm³/mol. The molecule has 2 atom stereocenters. The molecule has 2 unspecified atom stereocenters. The third-order valence-corrected chi connectivity index (χ3v) is 9.01. The Bertz CT molecular complexity index is 2110. The number of fused-ring (bicyclic) bond motifs is 2. The number of ether oxygens (including phenoxy) is 1.